The Morgan fingerprint density at radius 1 is 1.00 bits per heavy atom. The van der Waals surface area contributed by atoms with Crippen molar-refractivity contribution in [2.75, 3.05) is 11.9 Å². The number of allylic oxidation sites excluding steroid dienone is 1. The number of hydrogen-bond donors (Lipinski definition) is 0. The molecule has 1 aliphatic heterocycles. The van der Waals surface area contributed by atoms with Crippen molar-refractivity contribution in [3.8, 4) is 11.5 Å². The van der Waals surface area contributed by atoms with Crippen molar-refractivity contribution in [1.29, 1.82) is 0 Å². The molecule has 0 atom stereocenters. The minimum atomic E-state index is 0.607. The van der Waals surface area contributed by atoms with Gasteiger partial charge in [-0.05, 0) is 36.5 Å². The van der Waals surface area contributed by atoms with Gasteiger partial charge >= 0.3 is 0 Å². The number of nitrogens with zero attached hydrogens (tertiary/aromatic N) is 3. The Labute approximate surface area is 175 Å². The maximum Gasteiger partial charge on any atom is 0.165 e. The summed E-state index contributed by atoms with van der Waals surface area (Å²) in [6, 6.07) is 24.4. The third-order valence-corrected chi connectivity index (χ3v) is 5.65. The molecular formula is C24H21N3OS. The number of para-hydroxylation sites is 2. The Morgan fingerprint density at radius 3 is 2.59 bits per heavy atom. The number of ether oxygens (including phenoxy) is 1. The van der Waals surface area contributed by atoms with E-state index in [-0.39, 0.29) is 0 Å². The molecular weight excluding hydrogens is 378 g/mol. The molecule has 29 heavy (non-hydrogen) atoms. The van der Waals surface area contributed by atoms with Crippen LogP contribution in [0.4, 0.5) is 5.69 Å². The van der Waals surface area contributed by atoms with Gasteiger partial charge in [0.2, 0.25) is 0 Å². The van der Waals surface area contributed by atoms with Crippen LogP contribution in [0.5, 0.6) is 11.5 Å². The van der Waals surface area contributed by atoms with E-state index in [2.05, 4.69) is 41.0 Å². The summed E-state index contributed by atoms with van der Waals surface area (Å²) in [6.07, 6.45) is 3.53. The molecule has 1 aliphatic rings. The van der Waals surface area contributed by atoms with E-state index in [1.165, 1.54) is 0 Å². The van der Waals surface area contributed by atoms with Crippen LogP contribution < -0.4 is 9.64 Å². The quantitative estimate of drug-likeness (QED) is 0.363. The summed E-state index contributed by atoms with van der Waals surface area (Å²) >= 11 is 1.71. The molecule has 0 amide bonds. The first kappa shape index (κ1) is 19.0. The number of aliphatic imine (C=N–C) groups is 2. The van der Waals surface area contributed by atoms with Crippen LogP contribution in [0.3, 0.4) is 0 Å². The highest BCUT2D eigenvalue weighted by Gasteiger charge is 2.22. The Morgan fingerprint density at radius 2 is 1.76 bits per heavy atom. The summed E-state index contributed by atoms with van der Waals surface area (Å²) in [7, 11) is 1.98. The van der Waals surface area contributed by atoms with Gasteiger partial charge in [-0.3, -0.25) is 9.98 Å². The summed E-state index contributed by atoms with van der Waals surface area (Å²) in [4.78, 5) is 12.8. The monoisotopic (exact) mass is 399 g/mol. The Bertz CT molecular complexity index is 1080. The lowest BCUT2D eigenvalue weighted by Gasteiger charge is -2.27. The summed E-state index contributed by atoms with van der Waals surface area (Å²) in [5.74, 6) is 1.71. The first-order valence-corrected chi connectivity index (χ1v) is 10.1. The summed E-state index contributed by atoms with van der Waals surface area (Å²) in [5.41, 5.74) is 2.94. The number of hydrogen-bond acceptors (Lipinski definition) is 5. The molecule has 3 aromatic rings. The highest BCUT2D eigenvalue weighted by atomic mass is 32.2. The van der Waals surface area contributed by atoms with Crippen molar-refractivity contribution in [1.82, 2.24) is 0 Å². The van der Waals surface area contributed by atoms with E-state index in [4.69, 9.17) is 4.74 Å². The lowest BCUT2D eigenvalue weighted by Crippen LogP contribution is -2.18. The minimum absolute atomic E-state index is 0.607. The molecule has 144 valence electrons. The zero-order chi connectivity index (χ0) is 20.1. The molecule has 0 radical (unpaired) electrons. The largest absolute Gasteiger partial charge is 0.453 e. The molecule has 0 unspecified atom stereocenters. The van der Waals surface area contributed by atoms with Crippen LogP contribution in [-0.4, -0.2) is 20.0 Å². The van der Waals surface area contributed by atoms with Crippen molar-refractivity contribution in [2.24, 2.45) is 9.98 Å². The second-order valence-electron chi connectivity index (χ2n) is 6.51. The molecule has 4 nitrogen and oxygen atoms in total. The van der Waals surface area contributed by atoms with Crippen LogP contribution >= 0.6 is 11.8 Å². The average Bonchev–Trinajstić information content (AvgIpc) is 2.77. The van der Waals surface area contributed by atoms with Gasteiger partial charge in [0.15, 0.2) is 5.75 Å². The molecule has 3 aromatic carbocycles. The van der Waals surface area contributed by atoms with Gasteiger partial charge in [0.05, 0.1) is 33.9 Å². The van der Waals surface area contributed by atoms with Crippen molar-refractivity contribution < 1.29 is 4.74 Å². The number of anilines is 1. The van der Waals surface area contributed by atoms with Gasteiger partial charge in [-0.25, -0.2) is 0 Å². The van der Waals surface area contributed by atoms with E-state index >= 15 is 0 Å². The zero-order valence-corrected chi connectivity index (χ0v) is 17.0. The average molecular weight is 400 g/mol. The lowest BCUT2D eigenvalue weighted by atomic mass is 10.2. The van der Waals surface area contributed by atoms with Crippen molar-refractivity contribution in [3.63, 3.8) is 0 Å². The highest BCUT2D eigenvalue weighted by molar-refractivity contribution is 7.99. The maximum atomic E-state index is 6.25. The van der Waals surface area contributed by atoms with Crippen LogP contribution in [0.15, 0.2) is 104 Å². The van der Waals surface area contributed by atoms with E-state index in [0.717, 1.165) is 38.2 Å². The predicted molar refractivity (Wildman–Crippen MR) is 122 cm³/mol. The number of fused-ring (bicyclic) bond motifs is 2. The van der Waals surface area contributed by atoms with Gasteiger partial charge < -0.3 is 9.64 Å². The van der Waals surface area contributed by atoms with Crippen LogP contribution in [-0.2, 0) is 6.54 Å². The number of rotatable bonds is 6. The third-order valence-electron chi connectivity index (χ3n) is 4.55. The highest BCUT2D eigenvalue weighted by Crippen LogP contribution is 2.50. The topological polar surface area (TPSA) is 37.2 Å². The zero-order valence-electron chi connectivity index (χ0n) is 16.2. The molecule has 1 heterocycles. The molecule has 0 spiro atoms. The predicted octanol–water partition coefficient (Wildman–Crippen LogP) is 6.19. The van der Waals surface area contributed by atoms with Crippen molar-refractivity contribution in [3.05, 3.63) is 90.3 Å². The van der Waals surface area contributed by atoms with E-state index in [0.29, 0.717) is 6.54 Å². The standard InChI is InChI=1S/C24H21N3OS/c1-25-16-19(17-26-15-18-9-4-3-5-10-18)27(2)20-11-8-14-23-24(20)28-21-12-6-7-13-22(21)29-23/h3-14,16-17H,1,15H2,2H3/b19-16+,26-17?. The first-order valence-electron chi connectivity index (χ1n) is 9.27. The lowest BCUT2D eigenvalue weighted by molar-refractivity contribution is 0.455. The van der Waals surface area contributed by atoms with Gasteiger partial charge in [-0.1, -0.05) is 60.3 Å². The molecule has 0 saturated carbocycles. The summed E-state index contributed by atoms with van der Waals surface area (Å²) in [6.45, 7) is 4.22. The van der Waals surface area contributed by atoms with Crippen LogP contribution in [0, 0.1) is 0 Å². The Balaban J connectivity index is 1.60. The maximum absolute atomic E-state index is 6.25. The first-order chi connectivity index (χ1) is 14.3. The van der Waals surface area contributed by atoms with Gasteiger partial charge in [-0.15, -0.1) is 0 Å². The van der Waals surface area contributed by atoms with Crippen LogP contribution in [0.2, 0.25) is 0 Å². The molecule has 0 aromatic heterocycles. The van der Waals surface area contributed by atoms with Gasteiger partial charge in [0, 0.05) is 13.3 Å². The van der Waals surface area contributed by atoms with E-state index < -0.39 is 0 Å². The molecule has 0 fully saturated rings. The van der Waals surface area contributed by atoms with E-state index in [9.17, 15) is 0 Å². The fraction of sp³-hybridized carbons (Fsp3) is 0.0833. The second kappa shape index (κ2) is 8.80. The van der Waals surface area contributed by atoms with E-state index in [1.54, 1.807) is 18.0 Å². The fourth-order valence-corrected chi connectivity index (χ4v) is 4.05. The molecule has 0 saturated heterocycles. The molecule has 0 aliphatic carbocycles. The summed E-state index contributed by atoms with van der Waals surface area (Å²) < 4.78 is 6.25. The number of benzene rings is 3. The second-order valence-corrected chi connectivity index (χ2v) is 7.59. The summed E-state index contributed by atoms with van der Waals surface area (Å²) in [5, 5.41) is 0. The Hall–Kier alpha value is -3.31. The molecule has 4 rings (SSSR count). The van der Waals surface area contributed by atoms with Crippen molar-refractivity contribution in [2.45, 2.75) is 16.3 Å². The van der Waals surface area contributed by atoms with E-state index in [1.807, 2.05) is 66.7 Å². The third kappa shape index (κ3) is 4.25. The van der Waals surface area contributed by atoms with Gasteiger partial charge in [0.1, 0.15) is 5.75 Å². The normalized spacial score (nSPS) is 12.8. The SMILES string of the molecule is C=N/C=C(\C=NCc1ccccc1)N(C)c1cccc2c1Oc1ccccc1S2. The van der Waals surface area contributed by atoms with Crippen LogP contribution in [0.25, 0.3) is 0 Å². The smallest absolute Gasteiger partial charge is 0.165 e. The molecule has 0 bridgehead atoms. The van der Waals surface area contributed by atoms with Crippen molar-refractivity contribution >= 4 is 30.4 Å². The molecule has 0 N–H and O–H groups in total. The Kier molecular flexibility index (Phi) is 5.77. The van der Waals surface area contributed by atoms with Gasteiger partial charge in [-0.2, -0.15) is 0 Å². The molecule has 5 heteroatoms. The van der Waals surface area contributed by atoms with Crippen LogP contribution in [0.1, 0.15) is 5.56 Å². The minimum Gasteiger partial charge on any atom is -0.453 e. The van der Waals surface area contributed by atoms with Gasteiger partial charge in [0.25, 0.3) is 0 Å². The fourth-order valence-electron chi connectivity index (χ4n) is 3.07.